The minimum Gasteiger partial charge on any atom is -0.396 e. The van der Waals surface area contributed by atoms with Crippen molar-refractivity contribution in [2.45, 2.75) is 6.42 Å². The number of aliphatic hydroxyl groups excluding tert-OH is 2. The SMILES string of the molecule is C=CCNCC(CO)(CO)CC=C. The Hall–Kier alpha value is -0.640. The molecule has 0 rings (SSSR count). The molecule has 0 aliphatic rings. The molecule has 3 N–H and O–H groups in total. The van der Waals surface area contributed by atoms with Gasteiger partial charge in [-0.15, -0.1) is 13.2 Å². The molecule has 0 aromatic carbocycles. The molecule has 0 atom stereocenters. The van der Waals surface area contributed by atoms with Crippen LogP contribution in [0, 0.1) is 5.41 Å². The van der Waals surface area contributed by atoms with Crippen LogP contribution in [0.4, 0.5) is 0 Å². The summed E-state index contributed by atoms with van der Waals surface area (Å²) in [5.74, 6) is 0. The summed E-state index contributed by atoms with van der Waals surface area (Å²) in [7, 11) is 0. The largest absolute Gasteiger partial charge is 0.396 e. The molecular weight excluding hydrogens is 166 g/mol. The monoisotopic (exact) mass is 185 g/mol. The third-order valence-corrected chi connectivity index (χ3v) is 2.04. The number of hydrogen-bond donors (Lipinski definition) is 3. The summed E-state index contributed by atoms with van der Waals surface area (Å²) >= 11 is 0. The smallest absolute Gasteiger partial charge is 0.0524 e. The molecule has 0 unspecified atom stereocenters. The van der Waals surface area contributed by atoms with Crippen molar-refractivity contribution >= 4 is 0 Å². The topological polar surface area (TPSA) is 52.5 Å². The van der Waals surface area contributed by atoms with Gasteiger partial charge in [-0.05, 0) is 6.42 Å². The minimum atomic E-state index is -0.481. The van der Waals surface area contributed by atoms with Crippen LogP contribution in [0.5, 0.6) is 0 Å². The second-order valence-corrected chi connectivity index (χ2v) is 3.23. The van der Waals surface area contributed by atoms with Gasteiger partial charge in [0, 0.05) is 18.5 Å². The van der Waals surface area contributed by atoms with Crippen LogP contribution in [-0.4, -0.2) is 36.5 Å². The Morgan fingerprint density at radius 1 is 1.15 bits per heavy atom. The van der Waals surface area contributed by atoms with E-state index in [2.05, 4.69) is 18.5 Å². The van der Waals surface area contributed by atoms with E-state index in [0.717, 1.165) is 0 Å². The van der Waals surface area contributed by atoms with Crippen LogP contribution in [0.2, 0.25) is 0 Å². The van der Waals surface area contributed by atoms with Gasteiger partial charge in [-0.2, -0.15) is 0 Å². The summed E-state index contributed by atoms with van der Waals surface area (Å²) in [5, 5.41) is 21.3. The number of nitrogens with one attached hydrogen (secondary N) is 1. The molecule has 0 bridgehead atoms. The summed E-state index contributed by atoms with van der Waals surface area (Å²) < 4.78 is 0. The lowest BCUT2D eigenvalue weighted by molar-refractivity contribution is 0.0575. The lowest BCUT2D eigenvalue weighted by Crippen LogP contribution is -2.40. The predicted octanol–water partition coefficient (Wildman–Crippen LogP) is 0.309. The van der Waals surface area contributed by atoms with Gasteiger partial charge in [-0.1, -0.05) is 12.2 Å². The van der Waals surface area contributed by atoms with Crippen molar-refractivity contribution < 1.29 is 10.2 Å². The van der Waals surface area contributed by atoms with E-state index in [4.69, 9.17) is 10.2 Å². The van der Waals surface area contributed by atoms with Gasteiger partial charge in [0.25, 0.3) is 0 Å². The van der Waals surface area contributed by atoms with Gasteiger partial charge in [0.2, 0.25) is 0 Å². The maximum absolute atomic E-state index is 9.13. The van der Waals surface area contributed by atoms with Gasteiger partial charge in [0.1, 0.15) is 0 Å². The Balaban J connectivity index is 4.03. The molecule has 0 aliphatic carbocycles. The summed E-state index contributed by atoms with van der Waals surface area (Å²) in [6.07, 6.45) is 4.06. The number of allylic oxidation sites excluding steroid dienone is 1. The van der Waals surface area contributed by atoms with E-state index in [-0.39, 0.29) is 13.2 Å². The predicted molar refractivity (Wildman–Crippen MR) is 54.5 cm³/mol. The van der Waals surface area contributed by atoms with E-state index in [1.54, 1.807) is 12.2 Å². The van der Waals surface area contributed by atoms with Crippen molar-refractivity contribution in [2.75, 3.05) is 26.3 Å². The minimum absolute atomic E-state index is 0.0420. The van der Waals surface area contributed by atoms with Gasteiger partial charge in [-0.3, -0.25) is 0 Å². The normalized spacial score (nSPS) is 11.2. The average Bonchev–Trinajstić information content (AvgIpc) is 2.17. The molecule has 13 heavy (non-hydrogen) atoms. The zero-order valence-electron chi connectivity index (χ0n) is 8.00. The molecule has 0 amide bonds. The van der Waals surface area contributed by atoms with E-state index >= 15 is 0 Å². The number of rotatable bonds is 8. The van der Waals surface area contributed by atoms with Gasteiger partial charge in [-0.25, -0.2) is 0 Å². The van der Waals surface area contributed by atoms with Crippen LogP contribution < -0.4 is 5.32 Å². The molecule has 76 valence electrons. The van der Waals surface area contributed by atoms with Crippen LogP contribution in [0.1, 0.15) is 6.42 Å². The van der Waals surface area contributed by atoms with E-state index < -0.39 is 5.41 Å². The summed E-state index contributed by atoms with van der Waals surface area (Å²) in [6.45, 7) is 8.33. The summed E-state index contributed by atoms with van der Waals surface area (Å²) in [5.41, 5.74) is -0.481. The van der Waals surface area contributed by atoms with Crippen LogP contribution >= 0.6 is 0 Å². The zero-order valence-corrected chi connectivity index (χ0v) is 8.00. The zero-order chi connectivity index (χ0) is 10.2. The Labute approximate surface area is 79.8 Å². The fourth-order valence-corrected chi connectivity index (χ4v) is 1.11. The Kier molecular flexibility index (Phi) is 6.49. The molecule has 0 aliphatic heterocycles. The fourth-order valence-electron chi connectivity index (χ4n) is 1.11. The van der Waals surface area contributed by atoms with E-state index in [0.29, 0.717) is 19.5 Å². The molecule has 0 radical (unpaired) electrons. The van der Waals surface area contributed by atoms with Crippen molar-refractivity contribution in [3.05, 3.63) is 25.3 Å². The first kappa shape index (κ1) is 12.4. The quantitative estimate of drug-likeness (QED) is 0.377. The highest BCUT2D eigenvalue weighted by Gasteiger charge is 2.26. The Morgan fingerprint density at radius 3 is 2.15 bits per heavy atom. The second-order valence-electron chi connectivity index (χ2n) is 3.23. The van der Waals surface area contributed by atoms with E-state index in [1.165, 1.54) is 0 Å². The highest BCUT2D eigenvalue weighted by Crippen LogP contribution is 2.19. The molecule has 0 aromatic rings. The molecule has 0 aromatic heterocycles. The first-order valence-electron chi connectivity index (χ1n) is 4.39. The van der Waals surface area contributed by atoms with Crippen LogP contribution in [0.25, 0.3) is 0 Å². The standard InChI is InChI=1S/C10H19NO2/c1-3-5-10(8-12,9-13)7-11-6-4-2/h3-4,11-13H,1-2,5-9H2. The van der Waals surface area contributed by atoms with Gasteiger partial charge in [0.15, 0.2) is 0 Å². The summed E-state index contributed by atoms with van der Waals surface area (Å²) in [6, 6.07) is 0. The second kappa shape index (κ2) is 6.83. The van der Waals surface area contributed by atoms with Crippen LogP contribution in [-0.2, 0) is 0 Å². The molecule has 0 saturated carbocycles. The molecule has 0 spiro atoms. The van der Waals surface area contributed by atoms with Crippen LogP contribution in [0.3, 0.4) is 0 Å². The van der Waals surface area contributed by atoms with Gasteiger partial charge < -0.3 is 15.5 Å². The third-order valence-electron chi connectivity index (χ3n) is 2.04. The third kappa shape index (κ3) is 4.22. The van der Waals surface area contributed by atoms with Crippen LogP contribution in [0.15, 0.2) is 25.3 Å². The van der Waals surface area contributed by atoms with Crippen molar-refractivity contribution in [3.8, 4) is 0 Å². The van der Waals surface area contributed by atoms with E-state index in [1.807, 2.05) is 0 Å². The summed E-state index contributed by atoms with van der Waals surface area (Å²) in [4.78, 5) is 0. The Bertz CT molecular complexity index is 153. The lowest BCUT2D eigenvalue weighted by atomic mass is 9.86. The lowest BCUT2D eigenvalue weighted by Gasteiger charge is -2.28. The van der Waals surface area contributed by atoms with Gasteiger partial charge in [0.05, 0.1) is 13.2 Å². The van der Waals surface area contributed by atoms with Gasteiger partial charge >= 0.3 is 0 Å². The van der Waals surface area contributed by atoms with Crippen molar-refractivity contribution in [2.24, 2.45) is 5.41 Å². The average molecular weight is 185 g/mol. The van der Waals surface area contributed by atoms with Crippen molar-refractivity contribution in [1.82, 2.24) is 5.32 Å². The first-order valence-corrected chi connectivity index (χ1v) is 4.39. The molecule has 3 heteroatoms. The van der Waals surface area contributed by atoms with Crippen molar-refractivity contribution in [3.63, 3.8) is 0 Å². The molecule has 0 heterocycles. The van der Waals surface area contributed by atoms with Crippen molar-refractivity contribution in [1.29, 1.82) is 0 Å². The Morgan fingerprint density at radius 2 is 1.77 bits per heavy atom. The molecule has 3 nitrogen and oxygen atoms in total. The molecule has 0 fully saturated rings. The molecular formula is C10H19NO2. The number of hydrogen-bond acceptors (Lipinski definition) is 3. The fraction of sp³-hybridized carbons (Fsp3) is 0.600. The highest BCUT2D eigenvalue weighted by atomic mass is 16.3. The number of aliphatic hydroxyl groups is 2. The molecule has 0 saturated heterocycles. The highest BCUT2D eigenvalue weighted by molar-refractivity contribution is 4.88. The maximum atomic E-state index is 9.13. The first-order chi connectivity index (χ1) is 6.24. The van der Waals surface area contributed by atoms with E-state index in [9.17, 15) is 0 Å². The maximum Gasteiger partial charge on any atom is 0.0524 e.